The Bertz CT molecular complexity index is 456. The maximum Gasteiger partial charge on any atom is 3.00 e. The SMILES string of the molecule is CNc1cc2cc(NC)c(NC)cc2[cH-]1.C[Si]C.[CH3-].[CH3-].[Zr+3]. The van der Waals surface area contributed by atoms with Crippen molar-refractivity contribution in [3.8, 4) is 0 Å². The van der Waals surface area contributed by atoms with E-state index in [9.17, 15) is 0 Å². The van der Waals surface area contributed by atoms with E-state index < -0.39 is 0 Å². The quantitative estimate of drug-likeness (QED) is 0.546. The summed E-state index contributed by atoms with van der Waals surface area (Å²) in [5.41, 5.74) is 3.40. The van der Waals surface area contributed by atoms with E-state index in [2.05, 4.69) is 53.3 Å². The molecule has 5 heteroatoms. The fourth-order valence-corrected chi connectivity index (χ4v) is 1.82. The molecule has 0 aromatic heterocycles. The topological polar surface area (TPSA) is 36.1 Å². The molecule has 115 valence electrons. The van der Waals surface area contributed by atoms with Crippen molar-refractivity contribution in [2.75, 3.05) is 37.1 Å². The Hall–Kier alpha value is -0.670. The first-order chi connectivity index (χ1) is 8.69. The van der Waals surface area contributed by atoms with Crippen LogP contribution < -0.4 is 16.0 Å². The molecule has 2 aromatic rings. The van der Waals surface area contributed by atoms with E-state index in [1.165, 1.54) is 10.8 Å². The van der Waals surface area contributed by atoms with Crippen LogP contribution in [0, 0.1) is 14.9 Å². The molecule has 0 amide bonds. The molecule has 0 aliphatic carbocycles. The molecular formula is C16H28N3SiZr. The summed E-state index contributed by atoms with van der Waals surface area (Å²) in [6, 6.07) is 8.61. The van der Waals surface area contributed by atoms with Gasteiger partial charge in [0.2, 0.25) is 0 Å². The Kier molecular flexibility index (Phi) is 15.7. The van der Waals surface area contributed by atoms with E-state index in [0.717, 1.165) is 26.6 Å². The molecule has 0 aliphatic rings. The van der Waals surface area contributed by atoms with Crippen molar-refractivity contribution >= 4 is 37.4 Å². The van der Waals surface area contributed by atoms with Crippen LogP contribution in [0.2, 0.25) is 13.1 Å². The van der Waals surface area contributed by atoms with Crippen molar-refractivity contribution in [1.82, 2.24) is 0 Å². The molecule has 21 heavy (non-hydrogen) atoms. The summed E-state index contributed by atoms with van der Waals surface area (Å²) >= 11 is 0. The number of hydrogen-bond acceptors (Lipinski definition) is 3. The van der Waals surface area contributed by atoms with Gasteiger partial charge < -0.3 is 30.8 Å². The van der Waals surface area contributed by atoms with Gasteiger partial charge in [-0.05, 0) is 0 Å². The average Bonchev–Trinajstić information content (AvgIpc) is 2.79. The first-order valence-electron chi connectivity index (χ1n) is 6.06. The van der Waals surface area contributed by atoms with Gasteiger partial charge in [0.25, 0.3) is 0 Å². The van der Waals surface area contributed by atoms with Crippen molar-refractivity contribution in [2.45, 2.75) is 13.1 Å². The van der Waals surface area contributed by atoms with Gasteiger partial charge in [-0.2, -0.15) is 0 Å². The molecule has 0 unspecified atom stereocenters. The molecule has 2 aromatic carbocycles. The van der Waals surface area contributed by atoms with Crippen molar-refractivity contribution in [1.29, 1.82) is 0 Å². The minimum atomic E-state index is 0. The zero-order valence-electron chi connectivity index (χ0n) is 14.3. The maximum atomic E-state index is 3.18. The molecule has 2 rings (SSSR count). The summed E-state index contributed by atoms with van der Waals surface area (Å²) in [5.74, 6) is 0. The average molecular weight is 382 g/mol. The molecule has 0 saturated carbocycles. The van der Waals surface area contributed by atoms with Gasteiger partial charge in [0.15, 0.2) is 0 Å². The van der Waals surface area contributed by atoms with Crippen molar-refractivity contribution in [3.63, 3.8) is 0 Å². The second kappa shape index (κ2) is 13.0. The summed E-state index contributed by atoms with van der Waals surface area (Å²) in [6.45, 7) is 4.31. The van der Waals surface area contributed by atoms with Crippen LogP contribution in [0.4, 0.5) is 17.1 Å². The van der Waals surface area contributed by atoms with Crippen LogP contribution in [0.3, 0.4) is 0 Å². The van der Waals surface area contributed by atoms with E-state index in [4.69, 9.17) is 0 Å². The summed E-state index contributed by atoms with van der Waals surface area (Å²) < 4.78 is 0. The van der Waals surface area contributed by atoms with E-state index in [0.29, 0.717) is 0 Å². The van der Waals surface area contributed by atoms with Gasteiger partial charge in [-0.1, -0.05) is 24.8 Å². The van der Waals surface area contributed by atoms with Gasteiger partial charge >= 0.3 is 26.2 Å². The predicted molar refractivity (Wildman–Crippen MR) is 98.5 cm³/mol. The second-order valence-corrected chi connectivity index (χ2v) is 5.02. The van der Waals surface area contributed by atoms with Gasteiger partial charge in [0.05, 0.1) is 0 Å². The van der Waals surface area contributed by atoms with Crippen molar-refractivity contribution in [2.24, 2.45) is 0 Å². The number of anilines is 3. The normalized spacial score (nSPS) is 8.24. The van der Waals surface area contributed by atoms with Gasteiger partial charge in [-0.3, -0.25) is 0 Å². The Balaban J connectivity index is -0.000000500. The van der Waals surface area contributed by atoms with Crippen LogP contribution in [0.5, 0.6) is 0 Å². The monoisotopic (exact) mass is 380 g/mol. The fraction of sp³-hybridized carbons (Fsp3) is 0.312. The first kappa shape index (κ1) is 25.3. The van der Waals surface area contributed by atoms with Gasteiger partial charge in [-0.25, -0.2) is 0 Å². The van der Waals surface area contributed by atoms with Crippen molar-refractivity contribution in [3.05, 3.63) is 39.1 Å². The third-order valence-electron chi connectivity index (χ3n) is 2.67. The van der Waals surface area contributed by atoms with Gasteiger partial charge in [0.1, 0.15) is 0 Å². The number of hydrogen-bond donors (Lipinski definition) is 3. The molecule has 3 N–H and O–H groups in total. The minimum Gasteiger partial charge on any atom is -0.404 e. The number of nitrogens with one attached hydrogen (secondary N) is 3. The van der Waals surface area contributed by atoms with Gasteiger partial charge in [-0.15, -0.1) is 29.0 Å². The molecule has 3 nitrogen and oxygen atoms in total. The Morgan fingerprint density at radius 2 is 1.33 bits per heavy atom. The standard InChI is InChI=1S/C12H16N3.C2H6Si.2CH3.Zr/c1-13-10-4-8-6-11(14-2)12(15-3)7-9(8)5-10;1-3-2;;;/h4-7,13-15H,1-3H3;1-2H3;2*1H3;/q-1;;2*-1;+3. The molecule has 0 fully saturated rings. The smallest absolute Gasteiger partial charge is 0.404 e. The second-order valence-electron chi connectivity index (χ2n) is 4.02. The van der Waals surface area contributed by atoms with Crippen molar-refractivity contribution < 1.29 is 26.2 Å². The maximum absolute atomic E-state index is 3.18. The molecular weight excluding hydrogens is 354 g/mol. The van der Waals surface area contributed by atoms with E-state index in [1.54, 1.807) is 0 Å². The van der Waals surface area contributed by atoms with Gasteiger partial charge in [0, 0.05) is 42.0 Å². The van der Waals surface area contributed by atoms with Crippen LogP contribution in [-0.2, 0) is 26.2 Å². The molecule has 0 bridgehead atoms. The summed E-state index contributed by atoms with van der Waals surface area (Å²) in [4.78, 5) is 0. The van der Waals surface area contributed by atoms with Crippen LogP contribution in [0.25, 0.3) is 10.8 Å². The Morgan fingerprint density at radius 1 is 0.857 bits per heavy atom. The summed E-state index contributed by atoms with van der Waals surface area (Å²) in [7, 11) is 6.89. The molecule has 0 saturated heterocycles. The zero-order valence-corrected chi connectivity index (χ0v) is 17.8. The minimum absolute atomic E-state index is 0. The number of benzene rings is 1. The molecule has 0 atom stereocenters. The number of fused-ring (bicyclic) bond motifs is 1. The largest absolute Gasteiger partial charge is 3.00 e. The molecule has 0 aliphatic heterocycles. The first-order valence-corrected chi connectivity index (χ1v) is 8.06. The Morgan fingerprint density at radius 3 is 1.76 bits per heavy atom. The third-order valence-corrected chi connectivity index (χ3v) is 2.67. The molecule has 0 spiro atoms. The van der Waals surface area contributed by atoms with Crippen LogP contribution in [0.15, 0.2) is 24.3 Å². The molecule has 3 radical (unpaired) electrons. The van der Waals surface area contributed by atoms with Crippen LogP contribution in [-0.4, -0.2) is 30.7 Å². The Labute approximate surface area is 152 Å². The van der Waals surface area contributed by atoms with E-state index >= 15 is 0 Å². The van der Waals surface area contributed by atoms with Crippen LogP contribution in [0.1, 0.15) is 0 Å². The molecule has 0 heterocycles. The zero-order chi connectivity index (χ0) is 13.5. The fourth-order valence-electron chi connectivity index (χ4n) is 1.82. The third kappa shape index (κ3) is 6.75. The van der Waals surface area contributed by atoms with E-state index in [-0.39, 0.29) is 41.1 Å². The summed E-state index contributed by atoms with van der Waals surface area (Å²) in [5, 5.41) is 12.0. The predicted octanol–water partition coefficient (Wildman–Crippen LogP) is 4.37. The number of rotatable bonds is 3. The van der Waals surface area contributed by atoms with Crippen LogP contribution >= 0.6 is 0 Å². The summed E-state index contributed by atoms with van der Waals surface area (Å²) in [6.07, 6.45) is 0. The van der Waals surface area contributed by atoms with E-state index in [1.807, 2.05) is 21.1 Å².